The summed E-state index contributed by atoms with van der Waals surface area (Å²) in [6.07, 6.45) is 5.43. The molecule has 3 aromatic heterocycles. The molecule has 20 heavy (non-hydrogen) atoms. The van der Waals surface area contributed by atoms with Crippen molar-refractivity contribution in [3.63, 3.8) is 0 Å². The summed E-state index contributed by atoms with van der Waals surface area (Å²) in [4.78, 5) is 20.1. The molecule has 3 heterocycles. The number of rotatable bonds is 4. The monoisotopic (exact) mass is 286 g/mol. The molecule has 5 nitrogen and oxygen atoms in total. The molecule has 0 bridgehead atoms. The molecule has 0 saturated carbocycles. The summed E-state index contributed by atoms with van der Waals surface area (Å²) in [5, 5.41) is 11.7. The summed E-state index contributed by atoms with van der Waals surface area (Å²) in [5.74, 6) is -0.794. The summed E-state index contributed by atoms with van der Waals surface area (Å²) in [6.45, 7) is 0.466. The Morgan fingerprint density at radius 3 is 2.80 bits per heavy atom. The van der Waals surface area contributed by atoms with Gasteiger partial charge in [0.25, 0.3) is 0 Å². The Labute approximate surface area is 119 Å². The van der Waals surface area contributed by atoms with Crippen molar-refractivity contribution >= 4 is 27.5 Å². The summed E-state index contributed by atoms with van der Waals surface area (Å²) in [6, 6.07) is 5.91. The number of nitrogens with zero attached hydrogens (tertiary/aromatic N) is 3. The van der Waals surface area contributed by atoms with Crippen molar-refractivity contribution in [2.75, 3.05) is 0 Å². The Kier molecular flexibility index (Phi) is 3.39. The predicted octanol–water partition coefficient (Wildman–Crippen LogP) is 2.12. The number of pyridine rings is 1. The van der Waals surface area contributed by atoms with Gasteiger partial charge in [-0.2, -0.15) is 0 Å². The van der Waals surface area contributed by atoms with E-state index in [1.807, 2.05) is 40.5 Å². The van der Waals surface area contributed by atoms with Gasteiger partial charge in [0.2, 0.25) is 0 Å². The van der Waals surface area contributed by atoms with Gasteiger partial charge in [-0.3, -0.25) is 4.79 Å². The van der Waals surface area contributed by atoms with Gasteiger partial charge in [-0.25, -0.2) is 14.5 Å². The highest BCUT2D eigenvalue weighted by atomic mass is 32.1. The highest BCUT2D eigenvalue weighted by Crippen LogP contribution is 2.27. The number of carboxylic acids is 1. The van der Waals surface area contributed by atoms with Crippen molar-refractivity contribution in [3.8, 4) is 11.3 Å². The SMILES string of the molecule is O=C(O)CC[n+]1ccc(-c2ncnc3sccc23)cc1. The van der Waals surface area contributed by atoms with Crippen molar-refractivity contribution < 1.29 is 14.5 Å². The average Bonchev–Trinajstić information content (AvgIpc) is 2.94. The average molecular weight is 286 g/mol. The fraction of sp³-hybridized carbons (Fsp3) is 0.143. The van der Waals surface area contributed by atoms with E-state index in [2.05, 4.69) is 9.97 Å². The molecular formula is C14H12N3O2S+. The molecule has 100 valence electrons. The first-order valence-corrected chi connectivity index (χ1v) is 7.01. The summed E-state index contributed by atoms with van der Waals surface area (Å²) in [5.41, 5.74) is 1.91. The minimum atomic E-state index is -0.794. The quantitative estimate of drug-likeness (QED) is 0.746. The van der Waals surface area contributed by atoms with E-state index in [0.29, 0.717) is 6.54 Å². The van der Waals surface area contributed by atoms with E-state index in [0.717, 1.165) is 21.5 Å². The maximum Gasteiger partial charge on any atom is 0.309 e. The van der Waals surface area contributed by atoms with Gasteiger partial charge < -0.3 is 5.11 Å². The summed E-state index contributed by atoms with van der Waals surface area (Å²) >= 11 is 1.59. The summed E-state index contributed by atoms with van der Waals surface area (Å²) < 4.78 is 1.85. The second-order valence-corrected chi connectivity index (χ2v) is 5.22. The molecule has 0 amide bonds. The molecule has 0 saturated heterocycles. The zero-order chi connectivity index (χ0) is 13.9. The molecule has 0 aliphatic heterocycles. The lowest BCUT2D eigenvalue weighted by Gasteiger charge is -2.01. The number of carbonyl (C=O) groups is 1. The second-order valence-electron chi connectivity index (χ2n) is 4.33. The molecular weight excluding hydrogens is 274 g/mol. The largest absolute Gasteiger partial charge is 0.481 e. The molecule has 1 N–H and O–H groups in total. The third kappa shape index (κ3) is 2.50. The molecule has 3 rings (SSSR count). The number of hydrogen-bond acceptors (Lipinski definition) is 4. The molecule has 0 spiro atoms. The lowest BCUT2D eigenvalue weighted by molar-refractivity contribution is -0.695. The van der Waals surface area contributed by atoms with Crippen LogP contribution in [0, 0.1) is 0 Å². The van der Waals surface area contributed by atoms with Crippen molar-refractivity contribution in [3.05, 3.63) is 42.3 Å². The Morgan fingerprint density at radius 2 is 2.05 bits per heavy atom. The summed E-state index contributed by atoms with van der Waals surface area (Å²) in [7, 11) is 0. The van der Waals surface area contributed by atoms with Crippen LogP contribution in [0.3, 0.4) is 0 Å². The predicted molar refractivity (Wildman–Crippen MR) is 75.3 cm³/mol. The van der Waals surface area contributed by atoms with Gasteiger partial charge in [-0.15, -0.1) is 11.3 Å². The molecule has 3 aromatic rings. The number of fused-ring (bicyclic) bond motifs is 1. The lowest BCUT2D eigenvalue weighted by atomic mass is 10.1. The second kappa shape index (κ2) is 5.34. The minimum absolute atomic E-state index is 0.117. The van der Waals surface area contributed by atoms with Gasteiger partial charge >= 0.3 is 5.97 Å². The van der Waals surface area contributed by atoms with Crippen molar-refractivity contribution in [2.45, 2.75) is 13.0 Å². The Bertz CT molecular complexity index is 752. The third-order valence-corrected chi connectivity index (χ3v) is 3.83. The van der Waals surface area contributed by atoms with Crippen LogP contribution < -0.4 is 4.57 Å². The van der Waals surface area contributed by atoms with E-state index in [-0.39, 0.29) is 6.42 Å². The first-order valence-electron chi connectivity index (χ1n) is 6.13. The standard InChI is InChI=1S/C14H11N3O2S/c18-12(19)3-7-17-5-1-10(2-6-17)13-11-4-8-20-14(11)16-9-15-13/h1-2,4-6,8-9H,3,7H2/p+1. The Hall–Kier alpha value is -2.34. The van der Waals surface area contributed by atoms with E-state index < -0.39 is 5.97 Å². The van der Waals surface area contributed by atoms with Crippen LogP contribution in [0.5, 0.6) is 0 Å². The zero-order valence-corrected chi connectivity index (χ0v) is 11.4. The number of carboxylic acid groups (broad SMARTS) is 1. The van der Waals surface area contributed by atoms with Crippen LogP contribution in [0.2, 0.25) is 0 Å². The fourth-order valence-electron chi connectivity index (χ4n) is 2.01. The number of hydrogen-bond donors (Lipinski definition) is 1. The molecule has 0 aliphatic carbocycles. The van der Waals surface area contributed by atoms with Crippen LogP contribution in [-0.4, -0.2) is 21.0 Å². The first kappa shape index (κ1) is 12.7. The molecule has 0 atom stereocenters. The van der Waals surface area contributed by atoms with E-state index in [1.54, 1.807) is 17.7 Å². The van der Waals surface area contributed by atoms with E-state index in [1.165, 1.54) is 0 Å². The van der Waals surface area contributed by atoms with E-state index in [9.17, 15) is 4.79 Å². The van der Waals surface area contributed by atoms with Gasteiger partial charge in [-0.05, 0) is 11.4 Å². The molecule has 6 heteroatoms. The Morgan fingerprint density at radius 1 is 1.25 bits per heavy atom. The number of thiophene rings is 1. The maximum atomic E-state index is 10.5. The van der Waals surface area contributed by atoms with Gasteiger partial charge in [-0.1, -0.05) is 0 Å². The Balaban J connectivity index is 1.91. The molecule has 0 radical (unpaired) electrons. The van der Waals surface area contributed by atoms with Gasteiger partial charge in [0.05, 0.1) is 5.69 Å². The normalized spacial score (nSPS) is 10.8. The molecule has 0 aromatic carbocycles. The van der Waals surface area contributed by atoms with Crippen molar-refractivity contribution in [1.82, 2.24) is 9.97 Å². The van der Waals surface area contributed by atoms with Crippen LogP contribution in [0.15, 0.2) is 42.3 Å². The fourth-order valence-corrected chi connectivity index (χ4v) is 2.74. The first-order chi connectivity index (χ1) is 9.74. The van der Waals surface area contributed by atoms with Crippen molar-refractivity contribution in [1.29, 1.82) is 0 Å². The zero-order valence-electron chi connectivity index (χ0n) is 10.6. The van der Waals surface area contributed by atoms with Gasteiger partial charge in [0, 0.05) is 23.1 Å². The van der Waals surface area contributed by atoms with Crippen molar-refractivity contribution in [2.24, 2.45) is 0 Å². The van der Waals surface area contributed by atoms with E-state index in [4.69, 9.17) is 5.11 Å². The number of aromatic nitrogens is 3. The van der Waals surface area contributed by atoms with Crippen LogP contribution in [0.25, 0.3) is 21.5 Å². The maximum absolute atomic E-state index is 10.5. The van der Waals surface area contributed by atoms with Crippen LogP contribution in [0.4, 0.5) is 0 Å². The van der Waals surface area contributed by atoms with E-state index >= 15 is 0 Å². The third-order valence-electron chi connectivity index (χ3n) is 3.01. The lowest BCUT2D eigenvalue weighted by Crippen LogP contribution is -2.33. The van der Waals surface area contributed by atoms with Crippen LogP contribution in [0.1, 0.15) is 6.42 Å². The topological polar surface area (TPSA) is 67.0 Å². The number of aryl methyl sites for hydroxylation is 1. The number of aliphatic carboxylic acids is 1. The smallest absolute Gasteiger partial charge is 0.309 e. The van der Waals surface area contributed by atoms with Gasteiger partial charge in [0.15, 0.2) is 18.9 Å². The van der Waals surface area contributed by atoms with Gasteiger partial charge in [0.1, 0.15) is 17.6 Å². The molecule has 0 aliphatic rings. The highest BCUT2D eigenvalue weighted by molar-refractivity contribution is 7.16. The highest BCUT2D eigenvalue weighted by Gasteiger charge is 2.10. The van der Waals surface area contributed by atoms with Crippen LogP contribution in [-0.2, 0) is 11.3 Å². The molecule has 0 fully saturated rings. The minimum Gasteiger partial charge on any atom is -0.481 e. The molecule has 0 unspecified atom stereocenters. The van der Waals surface area contributed by atoms with Crippen LogP contribution >= 0.6 is 11.3 Å².